The van der Waals surface area contributed by atoms with Crippen molar-refractivity contribution in [1.82, 2.24) is 10.2 Å². The van der Waals surface area contributed by atoms with Crippen LogP contribution in [-0.2, 0) is 4.79 Å². The molecule has 110 valence electrons. The summed E-state index contributed by atoms with van der Waals surface area (Å²) in [6.45, 7) is 4.36. The van der Waals surface area contributed by atoms with Crippen LogP contribution in [0, 0.1) is 5.92 Å². The predicted molar refractivity (Wildman–Crippen MR) is 77.8 cm³/mol. The van der Waals surface area contributed by atoms with E-state index in [1.807, 2.05) is 0 Å². The Morgan fingerprint density at radius 3 is 2.68 bits per heavy atom. The molecule has 1 heterocycles. The van der Waals surface area contributed by atoms with Gasteiger partial charge in [-0.25, -0.2) is 0 Å². The number of nitrogens with two attached hydrogens (primary N) is 1. The zero-order valence-electron chi connectivity index (χ0n) is 12.5. The Kier molecular flexibility index (Phi) is 4.85. The number of amides is 1. The largest absolute Gasteiger partial charge is 0.353 e. The molecule has 0 aromatic rings. The van der Waals surface area contributed by atoms with Crippen molar-refractivity contribution >= 4 is 5.91 Å². The molecule has 3 N–H and O–H groups in total. The van der Waals surface area contributed by atoms with E-state index < -0.39 is 0 Å². The lowest BCUT2D eigenvalue weighted by Gasteiger charge is -2.37. The monoisotopic (exact) mass is 267 g/mol. The summed E-state index contributed by atoms with van der Waals surface area (Å²) >= 11 is 0. The van der Waals surface area contributed by atoms with Gasteiger partial charge in [0, 0.05) is 24.5 Å². The van der Waals surface area contributed by atoms with Crippen molar-refractivity contribution in [2.75, 3.05) is 20.1 Å². The van der Waals surface area contributed by atoms with Crippen LogP contribution in [-0.4, -0.2) is 42.5 Å². The van der Waals surface area contributed by atoms with Crippen molar-refractivity contribution in [3.8, 4) is 0 Å². The van der Waals surface area contributed by atoms with E-state index in [9.17, 15) is 4.79 Å². The number of hydrogen-bond acceptors (Lipinski definition) is 3. The molecule has 2 aliphatic rings. The molecule has 2 atom stereocenters. The van der Waals surface area contributed by atoms with E-state index in [-0.39, 0.29) is 11.4 Å². The third-order valence-electron chi connectivity index (χ3n) is 4.82. The standard InChI is InChI=1S/C15H29N3O/c1-12-11-18(2)9-6-13(12)17-14(19)10-15(16)7-4-3-5-8-15/h12-13H,3-11,16H2,1-2H3,(H,17,19). The minimum absolute atomic E-state index is 0.158. The summed E-state index contributed by atoms with van der Waals surface area (Å²) in [7, 11) is 2.14. The Bertz CT molecular complexity index is 313. The first-order valence-electron chi connectivity index (χ1n) is 7.75. The molecule has 0 bridgehead atoms. The summed E-state index contributed by atoms with van der Waals surface area (Å²) in [6.07, 6.45) is 7.19. The number of hydrogen-bond donors (Lipinski definition) is 2. The molecule has 4 heteroatoms. The second-order valence-electron chi connectivity index (χ2n) is 6.80. The molecule has 4 nitrogen and oxygen atoms in total. The molecule has 1 saturated carbocycles. The van der Waals surface area contributed by atoms with Crippen LogP contribution in [0.15, 0.2) is 0 Å². The zero-order valence-corrected chi connectivity index (χ0v) is 12.5. The minimum Gasteiger partial charge on any atom is -0.353 e. The van der Waals surface area contributed by atoms with Crippen LogP contribution in [0.3, 0.4) is 0 Å². The Morgan fingerprint density at radius 1 is 1.37 bits per heavy atom. The van der Waals surface area contributed by atoms with Gasteiger partial charge < -0.3 is 16.0 Å². The Balaban J connectivity index is 1.80. The molecular weight excluding hydrogens is 238 g/mol. The summed E-state index contributed by atoms with van der Waals surface area (Å²) in [5.74, 6) is 0.689. The fourth-order valence-electron chi connectivity index (χ4n) is 3.58. The Labute approximate surface area is 117 Å². The first kappa shape index (κ1) is 14.8. The molecule has 0 aromatic heterocycles. The number of carbonyl (C=O) groups is 1. The van der Waals surface area contributed by atoms with Gasteiger partial charge in [0.05, 0.1) is 0 Å². The highest BCUT2D eigenvalue weighted by atomic mass is 16.1. The van der Waals surface area contributed by atoms with E-state index in [0.717, 1.165) is 32.4 Å². The lowest BCUT2D eigenvalue weighted by Crippen LogP contribution is -2.52. The van der Waals surface area contributed by atoms with E-state index in [2.05, 4.69) is 24.2 Å². The van der Waals surface area contributed by atoms with Crippen LogP contribution in [0.5, 0.6) is 0 Å². The van der Waals surface area contributed by atoms with Gasteiger partial charge in [0.25, 0.3) is 0 Å². The van der Waals surface area contributed by atoms with E-state index >= 15 is 0 Å². The second kappa shape index (κ2) is 6.23. The molecule has 0 aromatic carbocycles. The molecule has 2 unspecified atom stereocenters. The lowest BCUT2D eigenvalue weighted by molar-refractivity contribution is -0.124. The predicted octanol–water partition coefficient (Wildman–Crippen LogP) is 1.49. The lowest BCUT2D eigenvalue weighted by atomic mass is 9.80. The maximum Gasteiger partial charge on any atom is 0.222 e. The number of rotatable bonds is 3. The topological polar surface area (TPSA) is 58.4 Å². The van der Waals surface area contributed by atoms with Crippen LogP contribution in [0.1, 0.15) is 51.9 Å². The van der Waals surface area contributed by atoms with Gasteiger partial charge in [-0.2, -0.15) is 0 Å². The van der Waals surface area contributed by atoms with Crippen LogP contribution in [0.4, 0.5) is 0 Å². The van der Waals surface area contributed by atoms with Crippen LogP contribution in [0.25, 0.3) is 0 Å². The van der Waals surface area contributed by atoms with Crippen molar-refractivity contribution in [2.45, 2.75) is 63.5 Å². The first-order chi connectivity index (χ1) is 8.98. The quantitative estimate of drug-likeness (QED) is 0.814. The van der Waals surface area contributed by atoms with Gasteiger partial charge in [0.2, 0.25) is 5.91 Å². The van der Waals surface area contributed by atoms with Crippen molar-refractivity contribution in [3.05, 3.63) is 0 Å². The highest BCUT2D eigenvalue weighted by molar-refractivity contribution is 5.77. The van der Waals surface area contributed by atoms with Gasteiger partial charge in [-0.15, -0.1) is 0 Å². The van der Waals surface area contributed by atoms with Gasteiger partial charge >= 0.3 is 0 Å². The number of piperidine rings is 1. The van der Waals surface area contributed by atoms with E-state index in [1.54, 1.807) is 0 Å². The summed E-state index contributed by atoms with van der Waals surface area (Å²) < 4.78 is 0. The number of nitrogens with one attached hydrogen (secondary N) is 1. The van der Waals surface area contributed by atoms with Gasteiger partial charge in [0.1, 0.15) is 0 Å². The molecule has 1 aliphatic carbocycles. The third kappa shape index (κ3) is 4.18. The summed E-state index contributed by atoms with van der Waals surface area (Å²) in [5, 5.41) is 3.22. The third-order valence-corrected chi connectivity index (χ3v) is 4.82. The highest BCUT2D eigenvalue weighted by Crippen LogP contribution is 2.28. The molecular formula is C15H29N3O. The highest BCUT2D eigenvalue weighted by Gasteiger charge is 2.32. The van der Waals surface area contributed by atoms with Gasteiger partial charge in [-0.05, 0) is 38.8 Å². The van der Waals surface area contributed by atoms with Gasteiger partial charge in [0.15, 0.2) is 0 Å². The minimum atomic E-state index is -0.239. The number of likely N-dealkylation sites (tertiary alicyclic amines) is 1. The van der Waals surface area contributed by atoms with E-state index in [4.69, 9.17) is 5.73 Å². The fraction of sp³-hybridized carbons (Fsp3) is 0.933. The van der Waals surface area contributed by atoms with E-state index in [0.29, 0.717) is 18.4 Å². The summed E-state index contributed by atoms with van der Waals surface area (Å²) in [4.78, 5) is 14.5. The maximum atomic E-state index is 12.2. The van der Waals surface area contributed by atoms with Crippen molar-refractivity contribution in [1.29, 1.82) is 0 Å². The van der Waals surface area contributed by atoms with Crippen molar-refractivity contribution in [2.24, 2.45) is 11.7 Å². The molecule has 2 rings (SSSR count). The van der Waals surface area contributed by atoms with E-state index in [1.165, 1.54) is 19.3 Å². The molecule has 19 heavy (non-hydrogen) atoms. The van der Waals surface area contributed by atoms with Crippen molar-refractivity contribution < 1.29 is 4.79 Å². The molecule has 1 saturated heterocycles. The SMILES string of the molecule is CC1CN(C)CCC1NC(=O)CC1(N)CCCCC1. The Hall–Kier alpha value is -0.610. The van der Waals surface area contributed by atoms with Crippen LogP contribution >= 0.6 is 0 Å². The second-order valence-corrected chi connectivity index (χ2v) is 6.80. The summed E-state index contributed by atoms with van der Waals surface area (Å²) in [6, 6.07) is 0.330. The Morgan fingerprint density at radius 2 is 2.05 bits per heavy atom. The molecule has 1 amide bonds. The number of nitrogens with zero attached hydrogens (tertiary/aromatic N) is 1. The molecule has 0 radical (unpaired) electrons. The average Bonchev–Trinajstić information content (AvgIpc) is 2.33. The molecule has 1 aliphatic heterocycles. The smallest absolute Gasteiger partial charge is 0.222 e. The fourth-order valence-corrected chi connectivity index (χ4v) is 3.58. The van der Waals surface area contributed by atoms with Crippen LogP contribution in [0.2, 0.25) is 0 Å². The summed E-state index contributed by atoms with van der Waals surface area (Å²) in [5.41, 5.74) is 6.11. The molecule has 2 fully saturated rings. The number of carbonyl (C=O) groups excluding carboxylic acids is 1. The van der Waals surface area contributed by atoms with Crippen LogP contribution < -0.4 is 11.1 Å². The average molecular weight is 267 g/mol. The van der Waals surface area contributed by atoms with Gasteiger partial charge in [-0.3, -0.25) is 4.79 Å². The first-order valence-corrected chi connectivity index (χ1v) is 7.75. The molecule has 0 spiro atoms. The zero-order chi connectivity index (χ0) is 13.9. The normalized spacial score (nSPS) is 31.9. The maximum absolute atomic E-state index is 12.2. The van der Waals surface area contributed by atoms with Gasteiger partial charge in [-0.1, -0.05) is 26.2 Å². The van der Waals surface area contributed by atoms with Crippen molar-refractivity contribution in [3.63, 3.8) is 0 Å².